The number of alkyl halides is 3. The molecular weight excluding hydrogens is 267 g/mol. The maximum absolute atomic E-state index is 12.5. The van der Waals surface area contributed by atoms with Crippen LogP contribution in [0.25, 0.3) is 0 Å². The lowest BCUT2D eigenvalue weighted by Gasteiger charge is -2.31. The monoisotopic (exact) mass is 279 g/mol. The van der Waals surface area contributed by atoms with Gasteiger partial charge < -0.3 is 4.90 Å². The molecule has 18 heavy (non-hydrogen) atoms. The predicted molar refractivity (Wildman–Crippen MR) is 65.4 cm³/mol. The first kappa shape index (κ1) is 14.8. The maximum atomic E-state index is 12.5. The molecule has 0 saturated heterocycles. The van der Waals surface area contributed by atoms with Gasteiger partial charge in [-0.2, -0.15) is 13.2 Å². The third kappa shape index (κ3) is 3.63. The lowest BCUT2D eigenvalue weighted by atomic mass is 10.1. The summed E-state index contributed by atoms with van der Waals surface area (Å²) in [6.07, 6.45) is -3.85. The number of rotatable bonds is 4. The molecule has 0 amide bonds. The van der Waals surface area contributed by atoms with E-state index in [1.54, 1.807) is 13.8 Å². The lowest BCUT2D eigenvalue weighted by Crippen LogP contribution is -2.39. The van der Waals surface area contributed by atoms with Gasteiger partial charge in [0.25, 0.3) is 0 Å². The molecule has 6 heteroatoms. The van der Waals surface area contributed by atoms with Crippen LogP contribution in [0.1, 0.15) is 24.2 Å². The Labute approximate surface area is 108 Å². The Kier molecular flexibility index (Phi) is 4.62. The summed E-state index contributed by atoms with van der Waals surface area (Å²) in [5.74, 6) is 0. The number of aldehydes is 1. The summed E-state index contributed by atoms with van der Waals surface area (Å²) >= 11 is 5.91. The van der Waals surface area contributed by atoms with E-state index in [1.165, 1.54) is 18.2 Å². The Bertz CT molecular complexity index is 432. The summed E-state index contributed by atoms with van der Waals surface area (Å²) in [6, 6.07) is 4.02. The number of hydrogen-bond donors (Lipinski definition) is 0. The Morgan fingerprint density at radius 1 is 1.39 bits per heavy atom. The number of halogens is 4. The molecule has 0 unspecified atom stereocenters. The van der Waals surface area contributed by atoms with Crippen LogP contribution in [-0.2, 0) is 0 Å². The van der Waals surface area contributed by atoms with Gasteiger partial charge >= 0.3 is 6.18 Å². The number of carbonyl (C=O) groups is 1. The zero-order valence-electron chi connectivity index (χ0n) is 9.96. The molecule has 0 saturated carbocycles. The SMILES string of the molecule is CC(C)N(CC(F)(F)F)c1c(Cl)cccc1C=O. The van der Waals surface area contributed by atoms with Gasteiger partial charge in [0.05, 0.1) is 10.7 Å². The van der Waals surface area contributed by atoms with Crippen LogP contribution >= 0.6 is 11.6 Å². The zero-order chi connectivity index (χ0) is 13.9. The van der Waals surface area contributed by atoms with Crippen molar-refractivity contribution in [2.45, 2.75) is 26.1 Å². The van der Waals surface area contributed by atoms with Gasteiger partial charge in [-0.3, -0.25) is 4.79 Å². The summed E-state index contributed by atoms with van der Waals surface area (Å²) < 4.78 is 37.6. The molecule has 0 fully saturated rings. The summed E-state index contributed by atoms with van der Waals surface area (Å²) in [5, 5.41) is 0.137. The first-order valence-corrected chi connectivity index (χ1v) is 5.71. The molecular formula is C12H13ClF3NO. The highest BCUT2D eigenvalue weighted by atomic mass is 35.5. The van der Waals surface area contributed by atoms with E-state index < -0.39 is 18.8 Å². The van der Waals surface area contributed by atoms with Crippen molar-refractivity contribution in [1.29, 1.82) is 0 Å². The molecule has 0 radical (unpaired) electrons. The van der Waals surface area contributed by atoms with Gasteiger partial charge in [-0.1, -0.05) is 17.7 Å². The number of anilines is 1. The first-order valence-electron chi connectivity index (χ1n) is 5.33. The van der Waals surface area contributed by atoms with E-state index in [4.69, 9.17) is 11.6 Å². The standard InChI is InChI=1S/C12H13ClF3NO/c1-8(2)17(7-12(14,15)16)11-9(6-18)4-3-5-10(11)13/h3-6,8H,7H2,1-2H3. The van der Waals surface area contributed by atoms with Gasteiger partial charge in [-0.25, -0.2) is 0 Å². The van der Waals surface area contributed by atoms with Crippen molar-refractivity contribution in [3.8, 4) is 0 Å². The first-order chi connectivity index (χ1) is 8.26. The van der Waals surface area contributed by atoms with Gasteiger partial charge in [0.1, 0.15) is 6.54 Å². The van der Waals surface area contributed by atoms with Crippen LogP contribution in [0.15, 0.2) is 18.2 Å². The fraction of sp³-hybridized carbons (Fsp3) is 0.417. The average molecular weight is 280 g/mol. The van der Waals surface area contributed by atoms with E-state index in [-0.39, 0.29) is 16.3 Å². The molecule has 0 spiro atoms. The molecule has 2 nitrogen and oxygen atoms in total. The van der Waals surface area contributed by atoms with Crippen LogP contribution in [0.3, 0.4) is 0 Å². The van der Waals surface area contributed by atoms with Crippen molar-refractivity contribution < 1.29 is 18.0 Å². The van der Waals surface area contributed by atoms with E-state index in [9.17, 15) is 18.0 Å². The van der Waals surface area contributed by atoms with Crippen molar-refractivity contribution in [3.63, 3.8) is 0 Å². The largest absolute Gasteiger partial charge is 0.405 e. The highest BCUT2D eigenvalue weighted by Crippen LogP contribution is 2.32. The molecule has 0 aromatic heterocycles. The minimum absolute atomic E-state index is 0.126. The van der Waals surface area contributed by atoms with Crippen molar-refractivity contribution in [1.82, 2.24) is 0 Å². The topological polar surface area (TPSA) is 20.3 Å². The van der Waals surface area contributed by atoms with E-state index in [2.05, 4.69) is 0 Å². The summed E-state index contributed by atoms with van der Waals surface area (Å²) in [4.78, 5) is 12.0. The molecule has 100 valence electrons. The summed E-state index contributed by atoms with van der Waals surface area (Å²) in [5.41, 5.74) is 0.280. The van der Waals surface area contributed by atoms with Crippen LogP contribution in [0.4, 0.5) is 18.9 Å². The van der Waals surface area contributed by atoms with Gasteiger partial charge in [0, 0.05) is 11.6 Å². The maximum Gasteiger partial charge on any atom is 0.405 e. The molecule has 0 aliphatic rings. The Morgan fingerprint density at radius 3 is 2.44 bits per heavy atom. The van der Waals surface area contributed by atoms with Crippen molar-refractivity contribution in [2.75, 3.05) is 11.4 Å². The van der Waals surface area contributed by atoms with E-state index >= 15 is 0 Å². The van der Waals surface area contributed by atoms with Crippen LogP contribution < -0.4 is 4.90 Å². The quantitative estimate of drug-likeness (QED) is 0.778. The second-order valence-electron chi connectivity index (χ2n) is 4.13. The number of nitrogens with zero attached hydrogens (tertiary/aromatic N) is 1. The number of para-hydroxylation sites is 1. The Morgan fingerprint density at radius 2 is 2.00 bits per heavy atom. The van der Waals surface area contributed by atoms with Crippen LogP contribution in [0.5, 0.6) is 0 Å². The second-order valence-corrected chi connectivity index (χ2v) is 4.54. The van der Waals surface area contributed by atoms with Gasteiger partial charge in [0.2, 0.25) is 0 Å². The van der Waals surface area contributed by atoms with Crippen LogP contribution in [-0.4, -0.2) is 25.0 Å². The fourth-order valence-electron chi connectivity index (χ4n) is 1.64. The fourth-order valence-corrected chi connectivity index (χ4v) is 1.93. The molecule has 0 atom stereocenters. The van der Waals surface area contributed by atoms with Crippen molar-refractivity contribution >= 4 is 23.6 Å². The third-order valence-corrected chi connectivity index (χ3v) is 2.71. The molecule has 1 aromatic carbocycles. The number of carbonyl (C=O) groups excluding carboxylic acids is 1. The van der Waals surface area contributed by atoms with E-state index in [0.29, 0.717) is 6.29 Å². The summed E-state index contributed by atoms with van der Waals surface area (Å²) in [6.45, 7) is 2.09. The molecule has 0 bridgehead atoms. The van der Waals surface area contributed by atoms with Crippen LogP contribution in [0, 0.1) is 0 Å². The van der Waals surface area contributed by atoms with Gasteiger partial charge in [0.15, 0.2) is 6.29 Å². The lowest BCUT2D eigenvalue weighted by molar-refractivity contribution is -0.120. The smallest absolute Gasteiger partial charge is 0.358 e. The molecule has 0 aliphatic heterocycles. The Hall–Kier alpha value is -1.23. The van der Waals surface area contributed by atoms with Gasteiger partial charge in [-0.15, -0.1) is 0 Å². The second kappa shape index (κ2) is 5.61. The van der Waals surface area contributed by atoms with E-state index in [1.807, 2.05) is 0 Å². The minimum Gasteiger partial charge on any atom is -0.358 e. The van der Waals surface area contributed by atoms with Crippen molar-refractivity contribution in [3.05, 3.63) is 28.8 Å². The molecule has 0 N–H and O–H groups in total. The zero-order valence-corrected chi connectivity index (χ0v) is 10.7. The molecule has 0 heterocycles. The Balaban J connectivity index is 3.25. The molecule has 1 aromatic rings. The van der Waals surface area contributed by atoms with Crippen LogP contribution in [0.2, 0.25) is 5.02 Å². The molecule has 1 rings (SSSR count). The highest BCUT2D eigenvalue weighted by molar-refractivity contribution is 6.33. The molecule has 0 aliphatic carbocycles. The number of hydrogen-bond acceptors (Lipinski definition) is 2. The normalized spacial score (nSPS) is 11.7. The average Bonchev–Trinajstić information content (AvgIpc) is 2.24. The minimum atomic E-state index is -4.36. The summed E-state index contributed by atoms with van der Waals surface area (Å²) in [7, 11) is 0. The predicted octanol–water partition coefficient (Wildman–Crippen LogP) is 3.93. The van der Waals surface area contributed by atoms with Crippen molar-refractivity contribution in [2.24, 2.45) is 0 Å². The highest BCUT2D eigenvalue weighted by Gasteiger charge is 2.33. The number of benzene rings is 1. The van der Waals surface area contributed by atoms with E-state index in [0.717, 1.165) is 4.90 Å². The van der Waals surface area contributed by atoms with Gasteiger partial charge in [-0.05, 0) is 26.0 Å². The third-order valence-electron chi connectivity index (χ3n) is 2.41.